The molecule has 0 unspecified atom stereocenters. The van der Waals surface area contributed by atoms with Crippen molar-refractivity contribution in [3.8, 4) is 11.5 Å². The van der Waals surface area contributed by atoms with Gasteiger partial charge < -0.3 is 15.5 Å². The minimum absolute atomic E-state index is 0.0512. The van der Waals surface area contributed by atoms with Crippen molar-refractivity contribution in [1.29, 1.82) is 0 Å². The Bertz CT molecular complexity index is 1170. The monoisotopic (exact) mass is 405 g/mol. The van der Waals surface area contributed by atoms with Gasteiger partial charge in [0.2, 0.25) is 11.9 Å². The number of rotatable bonds is 7. The van der Waals surface area contributed by atoms with E-state index in [1.54, 1.807) is 23.1 Å². The SMILES string of the molecule is CC(C)CC(=O)NCc1cccc(Cn2nnc3c(-c4ccco4)nc(N)nc32)c1. The summed E-state index contributed by atoms with van der Waals surface area (Å²) in [6.45, 7) is 4.99. The van der Waals surface area contributed by atoms with Crippen molar-refractivity contribution in [1.82, 2.24) is 30.3 Å². The van der Waals surface area contributed by atoms with Crippen molar-refractivity contribution in [2.45, 2.75) is 33.4 Å². The van der Waals surface area contributed by atoms with Crippen LogP contribution < -0.4 is 11.1 Å². The molecule has 0 spiro atoms. The molecule has 1 aromatic carbocycles. The standard InChI is InChI=1S/C21H23N7O2/c1-13(2)9-17(29)23-11-14-5-3-6-15(10-14)12-28-20-19(26-27-28)18(24-21(22)25-20)16-7-4-8-30-16/h3-8,10,13H,9,11-12H2,1-2H3,(H,23,29)(H2,22,24,25). The van der Waals surface area contributed by atoms with Crippen LogP contribution in [0.2, 0.25) is 0 Å². The lowest BCUT2D eigenvalue weighted by Gasteiger charge is -2.09. The Morgan fingerprint density at radius 1 is 1.20 bits per heavy atom. The Labute approximate surface area is 173 Å². The summed E-state index contributed by atoms with van der Waals surface area (Å²) in [6.07, 6.45) is 2.08. The smallest absolute Gasteiger partial charge is 0.222 e. The molecule has 1 amide bonds. The summed E-state index contributed by atoms with van der Waals surface area (Å²) < 4.78 is 7.12. The number of aromatic nitrogens is 5. The summed E-state index contributed by atoms with van der Waals surface area (Å²) in [5.74, 6) is 1.06. The minimum Gasteiger partial charge on any atom is -0.463 e. The number of carbonyl (C=O) groups is 1. The summed E-state index contributed by atoms with van der Waals surface area (Å²) >= 11 is 0. The first-order valence-corrected chi connectivity index (χ1v) is 9.74. The minimum atomic E-state index is 0.0512. The van der Waals surface area contributed by atoms with Crippen LogP contribution in [0, 0.1) is 5.92 Å². The average Bonchev–Trinajstić information content (AvgIpc) is 3.36. The quantitative estimate of drug-likeness (QED) is 0.484. The average molecular weight is 405 g/mol. The zero-order chi connectivity index (χ0) is 21.1. The molecule has 0 aliphatic carbocycles. The van der Waals surface area contributed by atoms with Gasteiger partial charge in [0, 0.05) is 13.0 Å². The molecule has 9 nitrogen and oxygen atoms in total. The Kier molecular flexibility index (Phi) is 5.42. The van der Waals surface area contributed by atoms with Crippen molar-refractivity contribution in [3.63, 3.8) is 0 Å². The van der Waals surface area contributed by atoms with Gasteiger partial charge in [0.1, 0.15) is 5.69 Å². The van der Waals surface area contributed by atoms with Crippen LogP contribution in [0.25, 0.3) is 22.6 Å². The summed E-state index contributed by atoms with van der Waals surface area (Å²) in [6, 6.07) is 11.5. The van der Waals surface area contributed by atoms with Gasteiger partial charge in [-0.15, -0.1) is 5.10 Å². The lowest BCUT2D eigenvalue weighted by atomic mass is 10.1. The second-order valence-corrected chi connectivity index (χ2v) is 7.52. The molecule has 0 radical (unpaired) electrons. The number of furan rings is 1. The van der Waals surface area contributed by atoms with Crippen molar-refractivity contribution in [3.05, 3.63) is 53.8 Å². The number of hydrogen-bond donors (Lipinski definition) is 2. The molecule has 30 heavy (non-hydrogen) atoms. The van der Waals surface area contributed by atoms with E-state index >= 15 is 0 Å². The van der Waals surface area contributed by atoms with E-state index in [0.29, 0.717) is 48.0 Å². The number of anilines is 1. The van der Waals surface area contributed by atoms with Gasteiger partial charge in [-0.25, -0.2) is 9.67 Å². The van der Waals surface area contributed by atoms with Gasteiger partial charge >= 0.3 is 0 Å². The lowest BCUT2D eigenvalue weighted by molar-refractivity contribution is -0.121. The highest BCUT2D eigenvalue weighted by Gasteiger charge is 2.17. The maximum absolute atomic E-state index is 11.9. The number of nitrogen functional groups attached to an aromatic ring is 1. The van der Waals surface area contributed by atoms with Crippen LogP contribution in [-0.4, -0.2) is 30.9 Å². The second-order valence-electron chi connectivity index (χ2n) is 7.52. The normalized spacial score (nSPS) is 11.3. The number of nitrogens with one attached hydrogen (secondary N) is 1. The van der Waals surface area contributed by atoms with Gasteiger partial charge in [0.05, 0.1) is 12.8 Å². The molecule has 0 saturated heterocycles. The van der Waals surface area contributed by atoms with E-state index in [-0.39, 0.29) is 11.9 Å². The maximum Gasteiger partial charge on any atom is 0.222 e. The predicted octanol–water partition coefficient (Wildman–Crippen LogP) is 2.77. The fourth-order valence-electron chi connectivity index (χ4n) is 3.22. The molecule has 4 aromatic rings. The Balaban J connectivity index is 1.56. The predicted molar refractivity (Wildman–Crippen MR) is 112 cm³/mol. The molecule has 0 aliphatic heterocycles. The highest BCUT2D eigenvalue weighted by atomic mass is 16.3. The number of amides is 1. The topological polar surface area (TPSA) is 125 Å². The van der Waals surface area contributed by atoms with Crippen LogP contribution in [0.4, 0.5) is 5.95 Å². The molecule has 0 bridgehead atoms. The zero-order valence-electron chi connectivity index (χ0n) is 16.9. The van der Waals surface area contributed by atoms with Crippen LogP contribution in [0.3, 0.4) is 0 Å². The summed E-state index contributed by atoms with van der Waals surface area (Å²) in [7, 11) is 0. The summed E-state index contributed by atoms with van der Waals surface area (Å²) in [4.78, 5) is 20.5. The first-order chi connectivity index (χ1) is 14.5. The number of carbonyl (C=O) groups excluding carboxylic acids is 1. The fraction of sp³-hybridized carbons (Fsp3) is 0.286. The Morgan fingerprint density at radius 2 is 2.03 bits per heavy atom. The number of benzene rings is 1. The molecular weight excluding hydrogens is 382 g/mol. The van der Waals surface area contributed by atoms with E-state index in [9.17, 15) is 4.79 Å². The van der Waals surface area contributed by atoms with Crippen molar-refractivity contribution >= 4 is 23.0 Å². The fourth-order valence-corrected chi connectivity index (χ4v) is 3.22. The molecule has 154 valence electrons. The Morgan fingerprint density at radius 3 is 2.80 bits per heavy atom. The number of hydrogen-bond acceptors (Lipinski definition) is 7. The number of fused-ring (bicyclic) bond motifs is 1. The third kappa shape index (κ3) is 4.29. The largest absolute Gasteiger partial charge is 0.463 e. The van der Waals surface area contributed by atoms with Crippen molar-refractivity contribution in [2.75, 3.05) is 5.73 Å². The van der Waals surface area contributed by atoms with Gasteiger partial charge in [-0.1, -0.05) is 43.3 Å². The summed E-state index contributed by atoms with van der Waals surface area (Å²) in [5, 5.41) is 11.4. The molecule has 0 atom stereocenters. The molecule has 0 aliphatic rings. The maximum atomic E-state index is 11.9. The molecule has 3 aromatic heterocycles. The van der Waals surface area contributed by atoms with Crippen LogP contribution in [0.1, 0.15) is 31.4 Å². The van der Waals surface area contributed by atoms with Crippen LogP contribution in [-0.2, 0) is 17.9 Å². The third-order valence-electron chi connectivity index (χ3n) is 4.54. The Hall–Kier alpha value is -3.75. The van der Waals surface area contributed by atoms with Gasteiger partial charge in [0.25, 0.3) is 0 Å². The lowest BCUT2D eigenvalue weighted by Crippen LogP contribution is -2.23. The summed E-state index contributed by atoms with van der Waals surface area (Å²) in [5.41, 5.74) is 9.49. The molecule has 0 saturated carbocycles. The van der Waals surface area contributed by atoms with E-state index in [2.05, 4.69) is 25.6 Å². The number of nitrogens with two attached hydrogens (primary N) is 1. The van der Waals surface area contributed by atoms with Crippen molar-refractivity contribution in [2.24, 2.45) is 5.92 Å². The first kappa shape index (κ1) is 19.6. The molecule has 0 fully saturated rings. The third-order valence-corrected chi connectivity index (χ3v) is 4.54. The van der Waals surface area contributed by atoms with E-state index in [1.807, 2.05) is 38.1 Å². The van der Waals surface area contributed by atoms with Gasteiger partial charge in [0.15, 0.2) is 16.9 Å². The van der Waals surface area contributed by atoms with E-state index in [1.165, 1.54) is 0 Å². The zero-order valence-corrected chi connectivity index (χ0v) is 16.9. The van der Waals surface area contributed by atoms with Gasteiger partial charge in [-0.2, -0.15) is 4.98 Å². The van der Waals surface area contributed by atoms with Crippen LogP contribution >= 0.6 is 0 Å². The highest BCUT2D eigenvalue weighted by Crippen LogP contribution is 2.25. The number of nitrogens with zero attached hydrogens (tertiary/aromatic N) is 5. The van der Waals surface area contributed by atoms with E-state index < -0.39 is 0 Å². The van der Waals surface area contributed by atoms with Gasteiger partial charge in [-0.05, 0) is 29.2 Å². The molecule has 3 N–H and O–H groups in total. The van der Waals surface area contributed by atoms with Gasteiger partial charge in [-0.3, -0.25) is 4.79 Å². The first-order valence-electron chi connectivity index (χ1n) is 9.74. The highest BCUT2D eigenvalue weighted by molar-refractivity contribution is 5.85. The van der Waals surface area contributed by atoms with Crippen LogP contribution in [0.15, 0.2) is 47.1 Å². The molecular formula is C21H23N7O2. The van der Waals surface area contributed by atoms with Crippen LogP contribution in [0.5, 0.6) is 0 Å². The molecule has 4 rings (SSSR count). The van der Waals surface area contributed by atoms with Crippen molar-refractivity contribution < 1.29 is 9.21 Å². The molecule has 3 heterocycles. The molecule has 9 heteroatoms. The second kappa shape index (κ2) is 8.32. The van der Waals surface area contributed by atoms with E-state index in [4.69, 9.17) is 10.2 Å². The van der Waals surface area contributed by atoms with E-state index in [0.717, 1.165) is 11.1 Å².